The van der Waals surface area contributed by atoms with Crippen LogP contribution in [-0.2, 0) is 6.54 Å². The van der Waals surface area contributed by atoms with Crippen LogP contribution in [0, 0.1) is 0 Å². The molecule has 1 aliphatic rings. The average Bonchev–Trinajstić information content (AvgIpc) is 2.85. The van der Waals surface area contributed by atoms with Crippen molar-refractivity contribution >= 4 is 0 Å². The zero-order chi connectivity index (χ0) is 11.9. The molecule has 1 aromatic rings. The Morgan fingerprint density at radius 2 is 2.12 bits per heavy atom. The quantitative estimate of drug-likeness (QED) is 0.769. The van der Waals surface area contributed by atoms with E-state index in [-0.39, 0.29) is 0 Å². The monoisotopic (exact) mass is 235 g/mol. The smallest absolute Gasteiger partial charge is 0.232 e. The number of hydrogen-bond acceptors (Lipinski definition) is 4. The molecule has 0 unspecified atom stereocenters. The predicted molar refractivity (Wildman–Crippen MR) is 66.9 cm³/mol. The SMILES string of the molecule is CCCNCc1cnc(OC2CCCC2)cn1. The third-order valence-electron chi connectivity index (χ3n) is 3.00. The van der Waals surface area contributed by atoms with Gasteiger partial charge < -0.3 is 10.1 Å². The van der Waals surface area contributed by atoms with E-state index in [1.807, 2.05) is 0 Å². The Kier molecular flexibility index (Phi) is 4.74. The summed E-state index contributed by atoms with van der Waals surface area (Å²) in [6.07, 6.45) is 9.88. The van der Waals surface area contributed by atoms with Crippen LogP contribution < -0.4 is 10.1 Å². The third-order valence-corrected chi connectivity index (χ3v) is 3.00. The number of nitrogens with zero attached hydrogens (tertiary/aromatic N) is 2. The zero-order valence-electron chi connectivity index (χ0n) is 10.5. The highest BCUT2D eigenvalue weighted by Crippen LogP contribution is 2.22. The van der Waals surface area contributed by atoms with Crippen molar-refractivity contribution in [2.75, 3.05) is 6.54 Å². The van der Waals surface area contributed by atoms with E-state index in [0.717, 1.165) is 38.0 Å². The molecule has 0 bridgehead atoms. The maximum atomic E-state index is 5.76. The third kappa shape index (κ3) is 3.97. The van der Waals surface area contributed by atoms with Gasteiger partial charge in [0.05, 0.1) is 18.1 Å². The predicted octanol–water partition coefficient (Wildman–Crippen LogP) is 2.30. The van der Waals surface area contributed by atoms with Crippen LogP contribution in [-0.4, -0.2) is 22.6 Å². The standard InChI is InChI=1S/C13H21N3O/c1-2-7-14-8-11-9-16-13(10-15-11)17-12-5-3-4-6-12/h9-10,12,14H,2-8H2,1H3. The van der Waals surface area contributed by atoms with Crippen LogP contribution in [0.5, 0.6) is 5.88 Å². The van der Waals surface area contributed by atoms with Crippen molar-refractivity contribution in [1.29, 1.82) is 0 Å². The van der Waals surface area contributed by atoms with E-state index in [2.05, 4.69) is 22.2 Å². The van der Waals surface area contributed by atoms with Crippen molar-refractivity contribution in [3.05, 3.63) is 18.1 Å². The van der Waals surface area contributed by atoms with Gasteiger partial charge in [-0.15, -0.1) is 0 Å². The number of hydrogen-bond donors (Lipinski definition) is 1. The van der Waals surface area contributed by atoms with Crippen LogP contribution in [0.3, 0.4) is 0 Å². The van der Waals surface area contributed by atoms with Crippen LogP contribution in [0.1, 0.15) is 44.7 Å². The fraction of sp³-hybridized carbons (Fsp3) is 0.692. The van der Waals surface area contributed by atoms with Gasteiger partial charge in [0.25, 0.3) is 0 Å². The first-order valence-corrected chi connectivity index (χ1v) is 6.57. The molecule has 94 valence electrons. The Labute approximate surface area is 103 Å². The van der Waals surface area contributed by atoms with Crippen LogP contribution in [0.4, 0.5) is 0 Å². The molecule has 1 N–H and O–H groups in total. The molecule has 0 amide bonds. The zero-order valence-corrected chi connectivity index (χ0v) is 10.5. The molecule has 0 saturated heterocycles. The second-order valence-corrected chi connectivity index (χ2v) is 4.55. The van der Waals surface area contributed by atoms with Crippen LogP contribution >= 0.6 is 0 Å². The molecule has 0 aromatic carbocycles. The number of aromatic nitrogens is 2. The molecule has 4 nitrogen and oxygen atoms in total. The average molecular weight is 235 g/mol. The van der Waals surface area contributed by atoms with Crippen LogP contribution in [0.15, 0.2) is 12.4 Å². The molecule has 1 fully saturated rings. The van der Waals surface area contributed by atoms with Crippen molar-refractivity contribution in [3.8, 4) is 5.88 Å². The molecule has 0 radical (unpaired) electrons. The van der Waals surface area contributed by atoms with Gasteiger partial charge in [0, 0.05) is 6.54 Å². The number of nitrogens with one attached hydrogen (secondary N) is 1. The highest BCUT2D eigenvalue weighted by Gasteiger charge is 2.16. The normalized spacial score (nSPS) is 16.3. The Morgan fingerprint density at radius 1 is 1.29 bits per heavy atom. The molecule has 2 rings (SSSR count). The van der Waals surface area contributed by atoms with Gasteiger partial charge >= 0.3 is 0 Å². The van der Waals surface area contributed by atoms with Crippen LogP contribution in [0.2, 0.25) is 0 Å². The summed E-state index contributed by atoms with van der Waals surface area (Å²) < 4.78 is 5.76. The van der Waals surface area contributed by atoms with Gasteiger partial charge in [0.1, 0.15) is 6.10 Å². The van der Waals surface area contributed by atoms with E-state index in [9.17, 15) is 0 Å². The summed E-state index contributed by atoms with van der Waals surface area (Å²) >= 11 is 0. The van der Waals surface area contributed by atoms with E-state index in [1.165, 1.54) is 12.8 Å². The summed E-state index contributed by atoms with van der Waals surface area (Å²) in [5, 5.41) is 3.30. The van der Waals surface area contributed by atoms with Gasteiger partial charge in [-0.3, -0.25) is 4.98 Å². The number of rotatable bonds is 6. The largest absolute Gasteiger partial charge is 0.473 e. The van der Waals surface area contributed by atoms with Crippen molar-refractivity contribution < 1.29 is 4.74 Å². The molecule has 0 aliphatic heterocycles. The van der Waals surface area contributed by atoms with Gasteiger partial charge in [0.15, 0.2) is 0 Å². The van der Waals surface area contributed by atoms with E-state index >= 15 is 0 Å². The van der Waals surface area contributed by atoms with E-state index < -0.39 is 0 Å². The topological polar surface area (TPSA) is 47.0 Å². The Bertz CT molecular complexity index is 320. The van der Waals surface area contributed by atoms with Gasteiger partial charge in [0.2, 0.25) is 5.88 Å². The minimum Gasteiger partial charge on any atom is -0.473 e. The lowest BCUT2D eigenvalue weighted by Gasteiger charge is -2.11. The van der Waals surface area contributed by atoms with Gasteiger partial charge in [-0.2, -0.15) is 0 Å². The van der Waals surface area contributed by atoms with Crippen molar-refractivity contribution in [2.45, 2.75) is 51.7 Å². The molecule has 1 saturated carbocycles. The highest BCUT2D eigenvalue weighted by molar-refractivity contribution is 5.07. The molecule has 1 aliphatic carbocycles. The maximum absolute atomic E-state index is 5.76. The maximum Gasteiger partial charge on any atom is 0.232 e. The summed E-state index contributed by atoms with van der Waals surface area (Å²) in [5.41, 5.74) is 0.970. The Balaban J connectivity index is 1.80. The summed E-state index contributed by atoms with van der Waals surface area (Å²) in [7, 11) is 0. The lowest BCUT2D eigenvalue weighted by atomic mass is 10.3. The van der Waals surface area contributed by atoms with Crippen molar-refractivity contribution in [1.82, 2.24) is 15.3 Å². The fourth-order valence-electron chi connectivity index (χ4n) is 2.07. The first-order valence-electron chi connectivity index (χ1n) is 6.57. The van der Waals surface area contributed by atoms with E-state index in [4.69, 9.17) is 4.74 Å². The summed E-state index contributed by atoms with van der Waals surface area (Å²) in [5.74, 6) is 0.663. The molecule has 17 heavy (non-hydrogen) atoms. The molecule has 1 aromatic heterocycles. The molecular weight excluding hydrogens is 214 g/mol. The summed E-state index contributed by atoms with van der Waals surface area (Å²) in [6.45, 7) is 3.95. The van der Waals surface area contributed by atoms with Gasteiger partial charge in [-0.1, -0.05) is 6.92 Å². The number of ether oxygens (including phenoxy) is 1. The lowest BCUT2D eigenvalue weighted by molar-refractivity contribution is 0.200. The summed E-state index contributed by atoms with van der Waals surface area (Å²) in [4.78, 5) is 8.64. The van der Waals surface area contributed by atoms with Gasteiger partial charge in [-0.05, 0) is 38.6 Å². The Hall–Kier alpha value is -1.16. The van der Waals surface area contributed by atoms with Crippen LogP contribution in [0.25, 0.3) is 0 Å². The fourth-order valence-corrected chi connectivity index (χ4v) is 2.07. The Morgan fingerprint density at radius 3 is 2.76 bits per heavy atom. The van der Waals surface area contributed by atoms with Crippen molar-refractivity contribution in [3.63, 3.8) is 0 Å². The van der Waals surface area contributed by atoms with Gasteiger partial charge in [-0.25, -0.2) is 4.98 Å². The lowest BCUT2D eigenvalue weighted by Crippen LogP contribution is -2.16. The summed E-state index contributed by atoms with van der Waals surface area (Å²) in [6, 6.07) is 0. The second kappa shape index (κ2) is 6.55. The molecule has 0 spiro atoms. The van der Waals surface area contributed by atoms with E-state index in [1.54, 1.807) is 12.4 Å². The molecule has 4 heteroatoms. The second-order valence-electron chi connectivity index (χ2n) is 4.55. The molecular formula is C13H21N3O. The molecule has 0 atom stereocenters. The van der Waals surface area contributed by atoms with Crippen molar-refractivity contribution in [2.24, 2.45) is 0 Å². The first-order chi connectivity index (χ1) is 8.38. The highest BCUT2D eigenvalue weighted by atomic mass is 16.5. The minimum atomic E-state index is 0.355. The van der Waals surface area contributed by atoms with E-state index in [0.29, 0.717) is 12.0 Å². The minimum absolute atomic E-state index is 0.355. The molecule has 1 heterocycles. The first kappa shape index (κ1) is 12.3.